The van der Waals surface area contributed by atoms with Crippen LogP contribution in [0.25, 0.3) is 0 Å². The number of amides is 1. The van der Waals surface area contributed by atoms with Crippen molar-refractivity contribution in [2.24, 2.45) is 0 Å². The van der Waals surface area contributed by atoms with E-state index >= 15 is 0 Å². The van der Waals surface area contributed by atoms with Crippen LogP contribution in [0.5, 0.6) is 5.75 Å². The summed E-state index contributed by atoms with van der Waals surface area (Å²) >= 11 is 5.26. The third-order valence-electron chi connectivity index (χ3n) is 4.23. The van der Waals surface area contributed by atoms with Gasteiger partial charge in [0.05, 0.1) is 6.61 Å². The highest BCUT2D eigenvalue weighted by molar-refractivity contribution is 7.80. The van der Waals surface area contributed by atoms with Crippen LogP contribution >= 0.6 is 12.2 Å². The molecule has 2 aromatic carbocycles. The topological polar surface area (TPSA) is 50.4 Å². The lowest BCUT2D eigenvalue weighted by atomic mass is 10.1. The number of aryl methyl sites for hydroxylation is 1. The minimum absolute atomic E-state index is 0.218. The van der Waals surface area contributed by atoms with Crippen LogP contribution in [0, 0.1) is 6.92 Å². The first-order chi connectivity index (χ1) is 13.1. The lowest BCUT2D eigenvalue weighted by Gasteiger charge is -2.12. The summed E-state index contributed by atoms with van der Waals surface area (Å²) in [5, 5.41) is 6.02. The van der Waals surface area contributed by atoms with Crippen LogP contribution in [0.1, 0.15) is 54.9 Å². The number of rotatable bonds is 9. The predicted octanol–water partition coefficient (Wildman–Crippen LogP) is 5.47. The van der Waals surface area contributed by atoms with Crippen molar-refractivity contribution in [2.75, 3.05) is 11.9 Å². The molecular weight excluding hydrogens is 356 g/mol. The van der Waals surface area contributed by atoms with Crippen LogP contribution in [0.15, 0.2) is 48.5 Å². The maximum atomic E-state index is 12.3. The van der Waals surface area contributed by atoms with Gasteiger partial charge >= 0.3 is 0 Å². The summed E-state index contributed by atoms with van der Waals surface area (Å²) in [5.74, 6) is 0.577. The summed E-state index contributed by atoms with van der Waals surface area (Å²) in [6, 6.07) is 15.0. The van der Waals surface area contributed by atoms with Gasteiger partial charge in [-0.2, -0.15) is 0 Å². The summed E-state index contributed by atoms with van der Waals surface area (Å²) < 4.78 is 5.80. The van der Waals surface area contributed by atoms with E-state index in [-0.39, 0.29) is 11.0 Å². The number of anilines is 1. The van der Waals surface area contributed by atoms with Crippen molar-refractivity contribution >= 4 is 28.9 Å². The second-order valence-electron chi connectivity index (χ2n) is 6.51. The molecule has 0 aliphatic carbocycles. The molecule has 0 spiro atoms. The molecule has 0 saturated carbocycles. The summed E-state index contributed by atoms with van der Waals surface area (Å²) in [7, 11) is 0. The Kier molecular flexibility index (Phi) is 8.78. The minimum atomic E-state index is -0.218. The van der Waals surface area contributed by atoms with Gasteiger partial charge in [-0.1, -0.05) is 56.9 Å². The van der Waals surface area contributed by atoms with E-state index in [0.717, 1.165) is 23.4 Å². The standard InChI is InChI=1S/C22H28N2O2S/c1-3-4-5-6-9-15-26-19-13-10-12-18(16-19)23-22(27)24-21(25)20-14-8-7-11-17(20)2/h7-8,10-14,16H,3-6,9,15H2,1-2H3,(H2,23,24,25,27). The Hall–Kier alpha value is -2.40. The molecule has 2 aromatic rings. The van der Waals surface area contributed by atoms with E-state index in [1.807, 2.05) is 49.4 Å². The summed E-state index contributed by atoms with van der Waals surface area (Å²) in [6.45, 7) is 4.82. The quantitative estimate of drug-likeness (QED) is 0.444. The monoisotopic (exact) mass is 384 g/mol. The van der Waals surface area contributed by atoms with Gasteiger partial charge in [0.25, 0.3) is 5.91 Å². The zero-order chi connectivity index (χ0) is 19.5. The summed E-state index contributed by atoms with van der Waals surface area (Å²) in [4.78, 5) is 12.3. The second kappa shape index (κ2) is 11.3. The highest BCUT2D eigenvalue weighted by atomic mass is 32.1. The zero-order valence-electron chi connectivity index (χ0n) is 16.1. The normalized spacial score (nSPS) is 10.3. The molecule has 144 valence electrons. The third kappa shape index (κ3) is 7.39. The molecule has 0 aliphatic heterocycles. The Labute approximate surface area is 167 Å². The van der Waals surface area contributed by atoms with Gasteiger partial charge in [-0.3, -0.25) is 10.1 Å². The fourth-order valence-corrected chi connectivity index (χ4v) is 2.93. The van der Waals surface area contributed by atoms with Gasteiger partial charge in [0, 0.05) is 17.3 Å². The number of ether oxygens (including phenoxy) is 1. The van der Waals surface area contributed by atoms with Crippen LogP contribution < -0.4 is 15.4 Å². The molecule has 27 heavy (non-hydrogen) atoms. The smallest absolute Gasteiger partial charge is 0.257 e. The number of hydrogen-bond donors (Lipinski definition) is 2. The van der Waals surface area contributed by atoms with Gasteiger partial charge in [0.2, 0.25) is 0 Å². The van der Waals surface area contributed by atoms with Gasteiger partial charge in [0.1, 0.15) is 5.75 Å². The molecule has 2 N–H and O–H groups in total. The van der Waals surface area contributed by atoms with E-state index in [1.54, 1.807) is 6.07 Å². The Bertz CT molecular complexity index is 761. The number of nitrogens with one attached hydrogen (secondary N) is 2. The van der Waals surface area contributed by atoms with E-state index in [9.17, 15) is 4.79 Å². The molecule has 0 fully saturated rings. The van der Waals surface area contributed by atoms with Crippen LogP contribution in [0.3, 0.4) is 0 Å². The number of hydrogen-bond acceptors (Lipinski definition) is 3. The van der Waals surface area contributed by atoms with Crippen molar-refractivity contribution in [2.45, 2.75) is 46.0 Å². The molecule has 0 radical (unpaired) electrons. The number of unbranched alkanes of at least 4 members (excludes halogenated alkanes) is 4. The summed E-state index contributed by atoms with van der Waals surface area (Å²) in [6.07, 6.45) is 6.04. The molecule has 1 amide bonds. The van der Waals surface area contributed by atoms with E-state index < -0.39 is 0 Å². The van der Waals surface area contributed by atoms with Gasteiger partial charge < -0.3 is 10.1 Å². The number of thiocarbonyl (C=S) groups is 1. The van der Waals surface area contributed by atoms with E-state index in [1.165, 1.54) is 25.7 Å². The van der Waals surface area contributed by atoms with Crippen LogP contribution in [-0.4, -0.2) is 17.6 Å². The van der Waals surface area contributed by atoms with Crippen molar-refractivity contribution in [3.8, 4) is 5.75 Å². The Morgan fingerprint density at radius 2 is 1.81 bits per heavy atom. The van der Waals surface area contributed by atoms with Gasteiger partial charge in [0.15, 0.2) is 5.11 Å². The van der Waals surface area contributed by atoms with Crippen LogP contribution in [-0.2, 0) is 0 Å². The van der Waals surface area contributed by atoms with Gasteiger partial charge in [-0.25, -0.2) is 0 Å². The molecule has 0 aromatic heterocycles. The molecule has 5 heteroatoms. The first-order valence-electron chi connectivity index (χ1n) is 9.51. The molecule has 0 heterocycles. The maximum Gasteiger partial charge on any atom is 0.257 e. The molecule has 0 saturated heterocycles. The highest BCUT2D eigenvalue weighted by Gasteiger charge is 2.10. The fourth-order valence-electron chi connectivity index (χ4n) is 2.72. The van der Waals surface area contributed by atoms with Crippen molar-refractivity contribution in [3.05, 3.63) is 59.7 Å². The molecule has 0 atom stereocenters. The van der Waals surface area contributed by atoms with Crippen LogP contribution in [0.2, 0.25) is 0 Å². The van der Waals surface area contributed by atoms with Crippen molar-refractivity contribution < 1.29 is 9.53 Å². The van der Waals surface area contributed by atoms with Crippen molar-refractivity contribution in [3.63, 3.8) is 0 Å². The molecule has 4 nitrogen and oxygen atoms in total. The average Bonchev–Trinajstić information content (AvgIpc) is 2.65. The minimum Gasteiger partial charge on any atom is -0.494 e. The molecule has 0 bridgehead atoms. The second-order valence-corrected chi connectivity index (χ2v) is 6.92. The number of carbonyl (C=O) groups excluding carboxylic acids is 1. The molecule has 0 unspecified atom stereocenters. The highest BCUT2D eigenvalue weighted by Crippen LogP contribution is 2.18. The number of benzene rings is 2. The molecule has 0 aliphatic rings. The number of carbonyl (C=O) groups is 1. The Balaban J connectivity index is 1.82. The van der Waals surface area contributed by atoms with E-state index in [4.69, 9.17) is 17.0 Å². The lowest BCUT2D eigenvalue weighted by molar-refractivity contribution is 0.0977. The zero-order valence-corrected chi connectivity index (χ0v) is 16.9. The average molecular weight is 385 g/mol. The third-order valence-corrected chi connectivity index (χ3v) is 4.43. The Morgan fingerprint density at radius 1 is 1.04 bits per heavy atom. The van der Waals surface area contributed by atoms with Gasteiger partial charge in [-0.05, 0) is 49.3 Å². The lowest BCUT2D eigenvalue weighted by Crippen LogP contribution is -2.34. The SMILES string of the molecule is CCCCCCCOc1cccc(NC(=S)NC(=O)c2ccccc2C)c1. The first kappa shape index (κ1) is 20.9. The van der Waals surface area contributed by atoms with Crippen molar-refractivity contribution in [1.82, 2.24) is 5.32 Å². The van der Waals surface area contributed by atoms with E-state index in [2.05, 4.69) is 17.6 Å². The molecular formula is C22H28N2O2S. The molecule has 2 rings (SSSR count). The van der Waals surface area contributed by atoms with Gasteiger partial charge in [-0.15, -0.1) is 0 Å². The summed E-state index contributed by atoms with van der Waals surface area (Å²) in [5.41, 5.74) is 2.31. The van der Waals surface area contributed by atoms with Crippen LogP contribution in [0.4, 0.5) is 5.69 Å². The largest absolute Gasteiger partial charge is 0.494 e. The first-order valence-corrected chi connectivity index (χ1v) is 9.92. The fraction of sp³-hybridized carbons (Fsp3) is 0.364. The predicted molar refractivity (Wildman–Crippen MR) is 116 cm³/mol. The Morgan fingerprint density at radius 3 is 2.59 bits per heavy atom. The maximum absolute atomic E-state index is 12.3. The van der Waals surface area contributed by atoms with Crippen molar-refractivity contribution in [1.29, 1.82) is 0 Å². The van der Waals surface area contributed by atoms with E-state index in [0.29, 0.717) is 12.2 Å².